The number of H-pyrrole nitrogens is 1. The number of aromatic amines is 1. The summed E-state index contributed by atoms with van der Waals surface area (Å²) in [5, 5.41) is 18.0. The van der Waals surface area contributed by atoms with Crippen molar-refractivity contribution < 1.29 is 5.11 Å². The molecule has 1 aliphatic rings. The van der Waals surface area contributed by atoms with E-state index < -0.39 is 0 Å². The molecule has 156 valence electrons. The number of aryl methyl sites for hydroxylation is 1. The van der Waals surface area contributed by atoms with Crippen LogP contribution in [-0.4, -0.2) is 40.5 Å². The summed E-state index contributed by atoms with van der Waals surface area (Å²) in [5.41, 5.74) is 5.82. The highest BCUT2D eigenvalue weighted by Gasteiger charge is 2.26. The van der Waals surface area contributed by atoms with Crippen LogP contribution in [-0.2, 0) is 7.05 Å². The van der Waals surface area contributed by atoms with E-state index in [1.54, 1.807) is 24.0 Å². The molecule has 0 spiro atoms. The van der Waals surface area contributed by atoms with Crippen molar-refractivity contribution >= 4 is 33.0 Å². The molecule has 31 heavy (non-hydrogen) atoms. The average molecular weight is 414 g/mol. The average Bonchev–Trinajstić information content (AvgIpc) is 3.36. The molecule has 0 bridgehead atoms. The fourth-order valence-corrected chi connectivity index (χ4v) is 4.80. The van der Waals surface area contributed by atoms with Crippen LogP contribution in [0, 0.1) is 0 Å². The zero-order chi connectivity index (χ0) is 21.1. The Morgan fingerprint density at radius 2 is 1.94 bits per heavy atom. The van der Waals surface area contributed by atoms with Crippen molar-refractivity contribution in [2.24, 2.45) is 7.05 Å². The Balaban J connectivity index is 1.59. The van der Waals surface area contributed by atoms with Gasteiger partial charge in [-0.3, -0.25) is 19.2 Å². The maximum Gasteiger partial charge on any atom is 0.329 e. The molecule has 0 aliphatic heterocycles. The minimum Gasteiger partial charge on any atom is -0.393 e. The first-order valence-electron chi connectivity index (χ1n) is 10.6. The smallest absolute Gasteiger partial charge is 0.329 e. The lowest BCUT2D eigenvalue weighted by molar-refractivity contribution is 0.111. The van der Waals surface area contributed by atoms with Gasteiger partial charge < -0.3 is 5.11 Å². The van der Waals surface area contributed by atoms with Gasteiger partial charge in [0.05, 0.1) is 46.3 Å². The van der Waals surface area contributed by atoms with Crippen molar-refractivity contribution in [1.82, 2.24) is 29.3 Å². The molecule has 0 saturated heterocycles. The second-order valence-electron chi connectivity index (χ2n) is 8.40. The van der Waals surface area contributed by atoms with Crippen LogP contribution in [0.5, 0.6) is 0 Å². The highest BCUT2D eigenvalue weighted by molar-refractivity contribution is 6.00. The van der Waals surface area contributed by atoms with Crippen molar-refractivity contribution in [2.75, 3.05) is 0 Å². The highest BCUT2D eigenvalue weighted by Crippen LogP contribution is 2.33. The van der Waals surface area contributed by atoms with Crippen molar-refractivity contribution in [3.05, 3.63) is 53.2 Å². The number of pyridine rings is 2. The van der Waals surface area contributed by atoms with Gasteiger partial charge in [-0.15, -0.1) is 0 Å². The Morgan fingerprint density at radius 1 is 1.10 bits per heavy atom. The predicted molar refractivity (Wildman–Crippen MR) is 119 cm³/mol. The van der Waals surface area contributed by atoms with Gasteiger partial charge in [0.1, 0.15) is 5.52 Å². The molecular weight excluding hydrogens is 392 g/mol. The number of rotatable bonds is 2. The number of nitrogens with zero attached hydrogens (tertiary/aromatic N) is 5. The second-order valence-corrected chi connectivity index (χ2v) is 8.40. The van der Waals surface area contributed by atoms with Crippen LogP contribution in [0.4, 0.5) is 0 Å². The first-order chi connectivity index (χ1) is 15.1. The molecule has 0 amide bonds. The van der Waals surface area contributed by atoms with Gasteiger partial charge in [0.15, 0.2) is 0 Å². The zero-order valence-electron chi connectivity index (χ0n) is 17.1. The molecule has 8 nitrogen and oxygen atoms in total. The summed E-state index contributed by atoms with van der Waals surface area (Å²) in [7, 11) is 1.78. The van der Waals surface area contributed by atoms with E-state index in [4.69, 9.17) is 4.98 Å². The molecule has 1 fully saturated rings. The van der Waals surface area contributed by atoms with Crippen LogP contribution in [0.1, 0.15) is 31.7 Å². The minimum absolute atomic E-state index is 0.0536. The maximum atomic E-state index is 13.2. The van der Waals surface area contributed by atoms with Crippen LogP contribution < -0.4 is 5.69 Å². The predicted octanol–water partition coefficient (Wildman–Crippen LogP) is 3.30. The summed E-state index contributed by atoms with van der Waals surface area (Å²) in [4.78, 5) is 22.7. The molecule has 1 saturated carbocycles. The number of hydrogen-bond donors (Lipinski definition) is 2. The van der Waals surface area contributed by atoms with Crippen LogP contribution in [0.2, 0.25) is 0 Å². The van der Waals surface area contributed by atoms with Gasteiger partial charge in [-0.1, -0.05) is 6.07 Å². The fraction of sp³-hybridized carbons (Fsp3) is 0.304. The van der Waals surface area contributed by atoms with Crippen molar-refractivity contribution in [1.29, 1.82) is 0 Å². The normalized spacial score (nSPS) is 19.5. The van der Waals surface area contributed by atoms with E-state index in [0.29, 0.717) is 12.8 Å². The van der Waals surface area contributed by atoms with Crippen LogP contribution in [0.3, 0.4) is 0 Å². The topological polar surface area (TPSA) is 102 Å². The van der Waals surface area contributed by atoms with Crippen molar-refractivity contribution in [2.45, 2.75) is 37.8 Å². The number of nitrogens with one attached hydrogen (secondary N) is 1. The Morgan fingerprint density at radius 3 is 2.77 bits per heavy atom. The number of fused-ring (bicyclic) bond motifs is 4. The molecule has 8 heteroatoms. The Bertz CT molecular complexity index is 1500. The third-order valence-corrected chi connectivity index (χ3v) is 6.53. The zero-order valence-corrected chi connectivity index (χ0v) is 17.1. The van der Waals surface area contributed by atoms with Gasteiger partial charge in [-0.2, -0.15) is 5.10 Å². The van der Waals surface area contributed by atoms with Crippen LogP contribution >= 0.6 is 0 Å². The summed E-state index contributed by atoms with van der Waals surface area (Å²) in [6.45, 7) is 0. The molecule has 4 heterocycles. The summed E-state index contributed by atoms with van der Waals surface area (Å²) in [6.07, 6.45) is 6.25. The quantitative estimate of drug-likeness (QED) is 0.461. The molecule has 6 rings (SSSR count). The lowest BCUT2D eigenvalue weighted by atomic mass is 9.93. The lowest BCUT2D eigenvalue weighted by Crippen LogP contribution is -2.29. The molecule has 4 aromatic heterocycles. The molecule has 0 unspecified atom stereocenters. The highest BCUT2D eigenvalue weighted by atomic mass is 16.3. The lowest BCUT2D eigenvalue weighted by Gasteiger charge is -2.26. The third-order valence-electron chi connectivity index (χ3n) is 6.53. The van der Waals surface area contributed by atoms with E-state index in [2.05, 4.69) is 21.2 Å². The van der Waals surface area contributed by atoms with Crippen molar-refractivity contribution in [3.63, 3.8) is 0 Å². The Labute approximate surface area is 177 Å². The summed E-state index contributed by atoms with van der Waals surface area (Å²) >= 11 is 0. The number of imidazole rings is 1. The largest absolute Gasteiger partial charge is 0.393 e. The third kappa shape index (κ3) is 2.79. The van der Waals surface area contributed by atoms with Gasteiger partial charge in [0.25, 0.3) is 0 Å². The number of aliphatic hydroxyl groups is 1. The van der Waals surface area contributed by atoms with E-state index in [0.717, 1.165) is 57.1 Å². The standard InChI is InChI=1S/C23H22N6O2/c1-28-20-12-24-19-9-8-17(13-2-7-18-14(10-13)11-25-27-18)26-21(19)22(20)29(23(28)31)15-3-5-16(30)6-4-15/h2,7-12,15-16,30H,3-6H2,1H3,(H,25,27)/t15-,16-. The number of benzene rings is 1. The monoisotopic (exact) mass is 414 g/mol. The molecule has 1 aromatic carbocycles. The molecule has 2 N–H and O–H groups in total. The van der Waals surface area contributed by atoms with E-state index in [-0.39, 0.29) is 17.8 Å². The summed E-state index contributed by atoms with van der Waals surface area (Å²) in [5.74, 6) is 0. The Kier molecular flexibility index (Phi) is 3.97. The summed E-state index contributed by atoms with van der Waals surface area (Å²) < 4.78 is 3.53. The van der Waals surface area contributed by atoms with Gasteiger partial charge in [-0.25, -0.2) is 9.78 Å². The number of hydrogen-bond acceptors (Lipinski definition) is 5. The van der Waals surface area contributed by atoms with E-state index in [1.165, 1.54) is 0 Å². The van der Waals surface area contributed by atoms with Crippen LogP contribution in [0.15, 0.2) is 47.5 Å². The number of aromatic nitrogens is 6. The molecule has 5 aromatic rings. The molecule has 0 atom stereocenters. The SMILES string of the molecule is Cn1c(=O)n([C@H]2CC[C@H](O)CC2)c2c3nc(-c4ccc5[nH]ncc5c4)ccc3ncc21. The van der Waals surface area contributed by atoms with Gasteiger partial charge in [-0.05, 0) is 49.9 Å². The van der Waals surface area contributed by atoms with E-state index in [9.17, 15) is 9.90 Å². The summed E-state index contributed by atoms with van der Waals surface area (Å²) in [6, 6.07) is 10.0. The van der Waals surface area contributed by atoms with E-state index >= 15 is 0 Å². The van der Waals surface area contributed by atoms with Crippen LogP contribution in [0.25, 0.3) is 44.2 Å². The Hall–Kier alpha value is -3.52. The van der Waals surface area contributed by atoms with E-state index in [1.807, 2.05) is 28.8 Å². The minimum atomic E-state index is -0.275. The first-order valence-corrected chi connectivity index (χ1v) is 10.6. The van der Waals surface area contributed by atoms with Gasteiger partial charge >= 0.3 is 5.69 Å². The maximum absolute atomic E-state index is 13.2. The van der Waals surface area contributed by atoms with Gasteiger partial charge in [0, 0.05) is 24.0 Å². The van der Waals surface area contributed by atoms with Gasteiger partial charge in [0.2, 0.25) is 0 Å². The number of aliphatic hydroxyl groups excluding tert-OH is 1. The molecule has 1 aliphatic carbocycles. The first kappa shape index (κ1) is 18.3. The second kappa shape index (κ2) is 6.75. The fourth-order valence-electron chi connectivity index (χ4n) is 4.80. The molecule has 0 radical (unpaired) electrons. The molecular formula is C23H22N6O2. The van der Waals surface area contributed by atoms with Crippen molar-refractivity contribution in [3.8, 4) is 11.3 Å².